The number of fused-ring (bicyclic) bond motifs is 1. The maximum absolute atomic E-state index is 13.0. The molecule has 4 aromatic rings. The fourth-order valence-corrected chi connectivity index (χ4v) is 5.47. The molecule has 0 radical (unpaired) electrons. The van der Waals surface area contributed by atoms with Crippen molar-refractivity contribution < 1.29 is 32.6 Å². The number of rotatable bonds is 9. The lowest BCUT2D eigenvalue weighted by Crippen LogP contribution is -2.45. The lowest BCUT2D eigenvalue weighted by Gasteiger charge is -2.34. The second-order valence-electron chi connectivity index (χ2n) is 9.16. The van der Waals surface area contributed by atoms with Gasteiger partial charge in [-0.1, -0.05) is 49.7 Å². The van der Waals surface area contributed by atoms with Crippen LogP contribution < -0.4 is 14.4 Å². The minimum Gasteiger partial charge on any atom is -0.755 e. The number of furan rings is 1. The van der Waals surface area contributed by atoms with E-state index >= 15 is 0 Å². The van der Waals surface area contributed by atoms with Gasteiger partial charge in [0.15, 0.2) is 5.76 Å². The normalized spacial score (nSPS) is 12.8. The number of carboxylic acids is 1. The minimum absolute atomic E-state index is 0.145. The molecule has 39 heavy (non-hydrogen) atoms. The number of amides is 1. The number of ether oxygens (including phenoxy) is 1. The molecule has 0 aliphatic rings. The number of nitrogens with zero attached hydrogens (tertiary/aromatic N) is 1. The Bertz CT molecular complexity index is 1550. The molecule has 4 rings (SSSR count). The minimum atomic E-state index is -2.77. The molecule has 1 amide bonds. The van der Waals surface area contributed by atoms with Crippen LogP contribution in [-0.2, 0) is 16.1 Å². The Morgan fingerprint density at radius 3 is 2.15 bits per heavy atom. The number of benzene rings is 3. The van der Waals surface area contributed by atoms with Crippen molar-refractivity contribution in [3.63, 3.8) is 0 Å². The van der Waals surface area contributed by atoms with Gasteiger partial charge in [0.05, 0.1) is 17.5 Å². The number of aryl methyl sites for hydroxylation is 1. The van der Waals surface area contributed by atoms with E-state index in [2.05, 4.69) is 5.32 Å². The molecular formula is C28H26ClN2O7S-. The molecule has 0 saturated carbocycles. The lowest BCUT2D eigenvalue weighted by molar-refractivity contribution is -0.139. The topological polar surface area (TPSA) is 132 Å². The van der Waals surface area contributed by atoms with Gasteiger partial charge in [0.25, 0.3) is 5.91 Å². The van der Waals surface area contributed by atoms with Gasteiger partial charge in [0.2, 0.25) is 0 Å². The van der Waals surface area contributed by atoms with E-state index in [-0.39, 0.29) is 11.4 Å². The predicted octanol–water partition coefficient (Wildman–Crippen LogP) is 6.03. The standard InChI is InChI=1S/C28H27ClN2O7S/c1-15(2)24(28(33)34)31(39(35)36)20-11-7-18(8-12-20)17-5-9-19(10-6-17)30-27(32)25-16(3)23-22(38-25)14-13-21(29)26(23)37-4/h5-15,24H,1-4H3,(H,30,32)(H,33,34)(H,35,36)/p-1. The van der Waals surface area contributed by atoms with Crippen LogP contribution in [-0.4, -0.2) is 38.9 Å². The maximum Gasteiger partial charge on any atom is 0.327 e. The predicted molar refractivity (Wildman–Crippen MR) is 150 cm³/mol. The molecule has 0 fully saturated rings. The first-order valence-electron chi connectivity index (χ1n) is 11.9. The summed E-state index contributed by atoms with van der Waals surface area (Å²) in [6, 6.07) is 15.7. The van der Waals surface area contributed by atoms with Gasteiger partial charge in [-0.3, -0.25) is 13.3 Å². The molecule has 2 atom stereocenters. The van der Waals surface area contributed by atoms with E-state index in [1.165, 1.54) is 7.11 Å². The zero-order valence-corrected chi connectivity index (χ0v) is 23.1. The summed E-state index contributed by atoms with van der Waals surface area (Å²) in [5.74, 6) is -1.51. The average Bonchev–Trinajstić information content (AvgIpc) is 3.23. The van der Waals surface area contributed by atoms with Crippen molar-refractivity contribution in [1.29, 1.82) is 0 Å². The first-order valence-corrected chi connectivity index (χ1v) is 13.3. The van der Waals surface area contributed by atoms with Crippen LogP contribution in [0.15, 0.2) is 65.1 Å². The quantitative estimate of drug-likeness (QED) is 0.235. The average molecular weight is 570 g/mol. The number of anilines is 2. The molecule has 2 N–H and O–H groups in total. The van der Waals surface area contributed by atoms with Crippen LogP contribution in [0.1, 0.15) is 30.0 Å². The summed E-state index contributed by atoms with van der Waals surface area (Å²) < 4.78 is 35.8. The Labute approximate surface area is 232 Å². The van der Waals surface area contributed by atoms with E-state index in [4.69, 9.17) is 20.8 Å². The number of carbonyl (C=O) groups excluding carboxylic acids is 1. The summed E-state index contributed by atoms with van der Waals surface area (Å²) >= 11 is 3.44. The number of hydrogen-bond acceptors (Lipinski definition) is 6. The van der Waals surface area contributed by atoms with E-state index in [0.717, 1.165) is 15.4 Å². The maximum atomic E-state index is 13.0. The van der Waals surface area contributed by atoms with Gasteiger partial charge in [0.1, 0.15) is 17.4 Å². The van der Waals surface area contributed by atoms with Crippen LogP contribution >= 0.6 is 11.6 Å². The first-order chi connectivity index (χ1) is 18.5. The second kappa shape index (κ2) is 11.5. The molecule has 3 aromatic carbocycles. The zero-order chi connectivity index (χ0) is 28.4. The summed E-state index contributed by atoms with van der Waals surface area (Å²) in [5.41, 5.74) is 3.47. The monoisotopic (exact) mass is 569 g/mol. The third-order valence-electron chi connectivity index (χ3n) is 6.31. The molecule has 0 aliphatic carbocycles. The van der Waals surface area contributed by atoms with Crippen molar-refractivity contribution in [2.45, 2.75) is 26.8 Å². The van der Waals surface area contributed by atoms with Gasteiger partial charge in [-0.15, -0.1) is 0 Å². The van der Waals surface area contributed by atoms with Crippen LogP contribution in [0.5, 0.6) is 5.75 Å². The van der Waals surface area contributed by atoms with Gasteiger partial charge < -0.3 is 24.1 Å². The largest absolute Gasteiger partial charge is 0.755 e. The van der Waals surface area contributed by atoms with Gasteiger partial charge in [-0.25, -0.2) is 4.79 Å². The highest BCUT2D eigenvalue weighted by molar-refractivity contribution is 7.80. The number of methoxy groups -OCH3 is 1. The third kappa shape index (κ3) is 5.63. The fraction of sp³-hybridized carbons (Fsp3) is 0.214. The Kier molecular flexibility index (Phi) is 8.29. The molecule has 204 valence electrons. The van der Waals surface area contributed by atoms with E-state index in [1.54, 1.807) is 81.4 Å². The number of aliphatic carboxylic acids is 1. The Balaban J connectivity index is 1.53. The van der Waals surface area contributed by atoms with Crippen molar-refractivity contribution in [3.8, 4) is 16.9 Å². The van der Waals surface area contributed by atoms with E-state index in [1.807, 2.05) is 0 Å². The van der Waals surface area contributed by atoms with Crippen molar-refractivity contribution in [2.24, 2.45) is 5.92 Å². The number of hydrogen-bond donors (Lipinski definition) is 2. The number of carboxylic acid groups (broad SMARTS) is 1. The second-order valence-corrected chi connectivity index (χ2v) is 10.4. The Hall–Kier alpha value is -3.86. The van der Waals surface area contributed by atoms with Crippen LogP contribution in [0.4, 0.5) is 11.4 Å². The van der Waals surface area contributed by atoms with Crippen molar-refractivity contribution >= 4 is 57.1 Å². The zero-order valence-electron chi connectivity index (χ0n) is 21.6. The molecule has 1 heterocycles. The summed E-state index contributed by atoms with van der Waals surface area (Å²) in [7, 11) is 1.50. The molecule has 11 heteroatoms. The highest BCUT2D eigenvalue weighted by Crippen LogP contribution is 2.38. The van der Waals surface area contributed by atoms with Crippen LogP contribution in [0.3, 0.4) is 0 Å². The van der Waals surface area contributed by atoms with Gasteiger partial charge in [0, 0.05) is 28.2 Å². The lowest BCUT2D eigenvalue weighted by atomic mass is 10.0. The SMILES string of the molecule is COc1c(Cl)ccc2oc(C(=O)Nc3ccc(-c4ccc(N(C(C(=O)O)C(C)C)S(=O)[O-])cc4)cc3)c(C)c12. The summed E-state index contributed by atoms with van der Waals surface area (Å²) in [6.45, 7) is 5.06. The number of carbonyl (C=O) groups is 2. The summed E-state index contributed by atoms with van der Waals surface area (Å²) in [4.78, 5) is 24.7. The Morgan fingerprint density at radius 2 is 1.64 bits per heavy atom. The molecular weight excluding hydrogens is 544 g/mol. The summed E-state index contributed by atoms with van der Waals surface area (Å²) in [6.07, 6.45) is 0. The first kappa shape index (κ1) is 28.2. The molecule has 0 bridgehead atoms. The highest BCUT2D eigenvalue weighted by atomic mass is 35.5. The molecule has 0 saturated heterocycles. The Morgan fingerprint density at radius 1 is 1.05 bits per heavy atom. The van der Waals surface area contributed by atoms with Crippen molar-refractivity contribution in [3.05, 3.63) is 77.0 Å². The van der Waals surface area contributed by atoms with Gasteiger partial charge >= 0.3 is 5.97 Å². The molecule has 0 spiro atoms. The van der Waals surface area contributed by atoms with E-state index in [9.17, 15) is 23.5 Å². The molecule has 2 unspecified atom stereocenters. The summed E-state index contributed by atoms with van der Waals surface area (Å²) in [5, 5.41) is 13.4. The third-order valence-corrected chi connectivity index (χ3v) is 7.36. The molecule has 0 aliphatic heterocycles. The smallest absolute Gasteiger partial charge is 0.327 e. The fourth-order valence-electron chi connectivity index (χ4n) is 4.43. The van der Waals surface area contributed by atoms with Crippen LogP contribution in [0.2, 0.25) is 5.02 Å². The number of nitrogens with one attached hydrogen (secondary N) is 1. The van der Waals surface area contributed by atoms with Crippen molar-refractivity contribution in [2.75, 3.05) is 16.7 Å². The highest BCUT2D eigenvalue weighted by Gasteiger charge is 2.30. The van der Waals surface area contributed by atoms with Gasteiger partial charge in [-0.2, -0.15) is 0 Å². The van der Waals surface area contributed by atoms with Crippen molar-refractivity contribution in [1.82, 2.24) is 0 Å². The molecule has 1 aromatic heterocycles. The van der Waals surface area contributed by atoms with Crippen LogP contribution in [0.25, 0.3) is 22.1 Å². The molecule has 9 nitrogen and oxygen atoms in total. The van der Waals surface area contributed by atoms with Gasteiger partial charge in [-0.05, 0) is 60.4 Å². The number of halogens is 1. The van der Waals surface area contributed by atoms with E-state index in [0.29, 0.717) is 33.0 Å². The van der Waals surface area contributed by atoms with E-state index < -0.39 is 35.1 Å². The van der Waals surface area contributed by atoms with Crippen LogP contribution in [0, 0.1) is 12.8 Å².